The Morgan fingerprint density at radius 2 is 1.70 bits per heavy atom. The van der Waals surface area contributed by atoms with Crippen molar-refractivity contribution in [2.75, 3.05) is 13.1 Å². The number of unbranched alkanes of at least 4 members (excludes halogenated alkanes) is 1. The highest BCUT2D eigenvalue weighted by Gasteiger charge is 2.39. The molecule has 3 rings (SSSR count). The average Bonchev–Trinajstić information content (AvgIpc) is 3.04. The van der Waals surface area contributed by atoms with Gasteiger partial charge >= 0.3 is 0 Å². The van der Waals surface area contributed by atoms with E-state index in [1.165, 1.54) is 18.4 Å². The molecule has 1 saturated heterocycles. The average molecular weight is 307 g/mol. The van der Waals surface area contributed by atoms with Crippen LogP contribution in [0.5, 0.6) is 0 Å². The zero-order valence-corrected chi connectivity index (χ0v) is 13.8. The zero-order valence-electron chi connectivity index (χ0n) is 13.8. The molecule has 0 bridgehead atoms. The lowest BCUT2D eigenvalue weighted by atomic mass is 9.87. The number of rotatable bonds is 6. The molecule has 0 spiro atoms. The molecule has 0 N–H and O–H groups in total. The van der Waals surface area contributed by atoms with Crippen LogP contribution in [0.25, 0.3) is 0 Å². The molecule has 1 aliphatic heterocycles. The maximum atomic E-state index is 13.0. The second kappa shape index (κ2) is 7.56. The molecule has 0 amide bonds. The maximum absolute atomic E-state index is 13.0. The summed E-state index contributed by atoms with van der Waals surface area (Å²) in [6, 6.07) is 20.5. The number of nitrogens with zero attached hydrogens (tertiary/aromatic N) is 1. The Morgan fingerprint density at radius 1 is 1.04 bits per heavy atom. The van der Waals surface area contributed by atoms with Crippen LogP contribution in [0, 0.1) is 5.92 Å². The van der Waals surface area contributed by atoms with Crippen LogP contribution in [0.4, 0.5) is 0 Å². The molecule has 2 nitrogen and oxygen atoms in total. The third-order valence-electron chi connectivity index (χ3n) is 4.84. The number of carbonyl (C=O) groups excluding carboxylic acids is 1. The van der Waals surface area contributed by atoms with Gasteiger partial charge in [-0.3, -0.25) is 9.69 Å². The van der Waals surface area contributed by atoms with Gasteiger partial charge in [0.2, 0.25) is 0 Å². The van der Waals surface area contributed by atoms with Gasteiger partial charge in [0.25, 0.3) is 0 Å². The Kier molecular flexibility index (Phi) is 5.24. The second-order valence-corrected chi connectivity index (χ2v) is 6.37. The first-order chi connectivity index (χ1) is 11.3. The normalized spacial score (nSPS) is 21.4. The van der Waals surface area contributed by atoms with E-state index in [1.54, 1.807) is 0 Å². The molecule has 120 valence electrons. The van der Waals surface area contributed by atoms with Gasteiger partial charge in [0, 0.05) is 17.5 Å². The van der Waals surface area contributed by atoms with E-state index < -0.39 is 0 Å². The minimum Gasteiger partial charge on any atom is -0.296 e. The van der Waals surface area contributed by atoms with Gasteiger partial charge in [0.05, 0.1) is 0 Å². The Balaban J connectivity index is 1.88. The lowest BCUT2D eigenvalue weighted by molar-refractivity contribution is 0.0881. The monoisotopic (exact) mass is 307 g/mol. The number of benzene rings is 2. The van der Waals surface area contributed by atoms with Crippen molar-refractivity contribution >= 4 is 5.78 Å². The van der Waals surface area contributed by atoms with E-state index in [0.717, 1.165) is 25.1 Å². The number of carbonyl (C=O) groups is 1. The Bertz CT molecular complexity index is 623. The fourth-order valence-electron chi connectivity index (χ4n) is 3.65. The van der Waals surface area contributed by atoms with Gasteiger partial charge in [0.1, 0.15) is 0 Å². The Morgan fingerprint density at radius 3 is 2.35 bits per heavy atom. The summed E-state index contributed by atoms with van der Waals surface area (Å²) in [6.07, 6.45) is 3.34. The van der Waals surface area contributed by atoms with Crippen molar-refractivity contribution in [3.05, 3.63) is 71.8 Å². The molecule has 1 aliphatic rings. The fraction of sp³-hybridized carbons (Fsp3) is 0.381. The lowest BCUT2D eigenvalue weighted by Crippen LogP contribution is -2.29. The SMILES string of the molecule is CCCCN1CC[C@H](C(=O)c2ccccc2)[C@H]1c1ccccc1. The maximum Gasteiger partial charge on any atom is 0.167 e. The number of likely N-dealkylation sites (tertiary alicyclic amines) is 1. The van der Waals surface area contributed by atoms with Gasteiger partial charge in [-0.15, -0.1) is 0 Å². The van der Waals surface area contributed by atoms with E-state index in [4.69, 9.17) is 0 Å². The molecular weight excluding hydrogens is 282 g/mol. The van der Waals surface area contributed by atoms with E-state index in [2.05, 4.69) is 36.1 Å². The molecule has 1 fully saturated rings. The molecule has 2 aromatic carbocycles. The highest BCUT2D eigenvalue weighted by Crippen LogP contribution is 2.39. The van der Waals surface area contributed by atoms with Gasteiger partial charge in [-0.2, -0.15) is 0 Å². The fourth-order valence-corrected chi connectivity index (χ4v) is 3.65. The lowest BCUT2D eigenvalue weighted by Gasteiger charge is -2.28. The molecule has 0 unspecified atom stereocenters. The van der Waals surface area contributed by atoms with Crippen LogP contribution in [0.15, 0.2) is 60.7 Å². The van der Waals surface area contributed by atoms with E-state index >= 15 is 0 Å². The summed E-state index contributed by atoms with van der Waals surface area (Å²) >= 11 is 0. The van der Waals surface area contributed by atoms with E-state index in [1.807, 2.05) is 36.4 Å². The Labute approximate surface area is 139 Å². The predicted molar refractivity (Wildman–Crippen MR) is 94.5 cm³/mol. The van der Waals surface area contributed by atoms with Crippen LogP contribution in [-0.2, 0) is 0 Å². The molecule has 23 heavy (non-hydrogen) atoms. The van der Waals surface area contributed by atoms with Crippen molar-refractivity contribution in [2.24, 2.45) is 5.92 Å². The van der Waals surface area contributed by atoms with Crippen molar-refractivity contribution < 1.29 is 4.79 Å². The van der Waals surface area contributed by atoms with Gasteiger partial charge in [-0.05, 0) is 31.5 Å². The summed E-state index contributed by atoms with van der Waals surface area (Å²) in [5.74, 6) is 0.357. The third-order valence-corrected chi connectivity index (χ3v) is 4.84. The number of Topliss-reactive ketones (excluding diaryl/α,β-unsaturated/α-hetero) is 1. The summed E-state index contributed by atoms with van der Waals surface area (Å²) in [7, 11) is 0. The molecule has 2 heteroatoms. The highest BCUT2D eigenvalue weighted by atomic mass is 16.1. The molecular formula is C21H25NO. The van der Waals surface area contributed by atoms with Crippen molar-refractivity contribution in [1.29, 1.82) is 0 Å². The molecule has 0 saturated carbocycles. The minimum atomic E-state index is 0.0663. The van der Waals surface area contributed by atoms with E-state index in [-0.39, 0.29) is 12.0 Å². The number of ketones is 1. The van der Waals surface area contributed by atoms with Gasteiger partial charge < -0.3 is 0 Å². The predicted octanol–water partition coefficient (Wildman–Crippen LogP) is 4.73. The number of hydrogen-bond donors (Lipinski definition) is 0. The zero-order chi connectivity index (χ0) is 16.1. The molecule has 0 aliphatic carbocycles. The van der Waals surface area contributed by atoms with Crippen molar-refractivity contribution in [3.63, 3.8) is 0 Å². The smallest absolute Gasteiger partial charge is 0.167 e. The summed E-state index contributed by atoms with van der Waals surface area (Å²) in [5.41, 5.74) is 2.12. The summed E-state index contributed by atoms with van der Waals surface area (Å²) in [5, 5.41) is 0. The Hall–Kier alpha value is -1.93. The van der Waals surface area contributed by atoms with Crippen LogP contribution < -0.4 is 0 Å². The van der Waals surface area contributed by atoms with Crippen molar-refractivity contribution in [1.82, 2.24) is 4.90 Å². The van der Waals surface area contributed by atoms with Crippen molar-refractivity contribution in [2.45, 2.75) is 32.2 Å². The van der Waals surface area contributed by atoms with Crippen LogP contribution >= 0.6 is 0 Å². The number of hydrogen-bond acceptors (Lipinski definition) is 2. The summed E-state index contributed by atoms with van der Waals surface area (Å²) < 4.78 is 0. The van der Waals surface area contributed by atoms with Crippen molar-refractivity contribution in [3.8, 4) is 0 Å². The summed E-state index contributed by atoms with van der Waals surface area (Å²) in [6.45, 7) is 4.32. The topological polar surface area (TPSA) is 20.3 Å². The minimum absolute atomic E-state index is 0.0663. The van der Waals surface area contributed by atoms with Crippen LogP contribution in [-0.4, -0.2) is 23.8 Å². The molecule has 2 aromatic rings. The molecule has 2 atom stereocenters. The van der Waals surface area contributed by atoms with Gasteiger partial charge in [0.15, 0.2) is 5.78 Å². The third kappa shape index (κ3) is 3.53. The first kappa shape index (κ1) is 15.9. The van der Waals surface area contributed by atoms with Gasteiger partial charge in [-0.25, -0.2) is 0 Å². The molecule has 1 heterocycles. The first-order valence-corrected chi connectivity index (χ1v) is 8.69. The molecule has 0 radical (unpaired) electrons. The first-order valence-electron chi connectivity index (χ1n) is 8.69. The van der Waals surface area contributed by atoms with E-state index in [0.29, 0.717) is 5.78 Å². The van der Waals surface area contributed by atoms with E-state index in [9.17, 15) is 4.79 Å². The quantitative estimate of drug-likeness (QED) is 0.719. The standard InChI is InChI=1S/C21H25NO/c1-2-3-15-22-16-14-19(20(22)17-10-6-4-7-11-17)21(23)18-12-8-5-9-13-18/h4-13,19-20H,2-3,14-16H2,1H3/t19-,20+/m0/s1. The summed E-state index contributed by atoms with van der Waals surface area (Å²) in [4.78, 5) is 15.5. The van der Waals surface area contributed by atoms with Gasteiger partial charge in [-0.1, -0.05) is 74.0 Å². The van der Waals surface area contributed by atoms with Crippen LogP contribution in [0.2, 0.25) is 0 Å². The second-order valence-electron chi connectivity index (χ2n) is 6.37. The highest BCUT2D eigenvalue weighted by molar-refractivity contribution is 5.98. The molecule has 0 aromatic heterocycles. The van der Waals surface area contributed by atoms with Crippen LogP contribution in [0.1, 0.15) is 48.1 Å². The van der Waals surface area contributed by atoms with Crippen LogP contribution in [0.3, 0.4) is 0 Å². The largest absolute Gasteiger partial charge is 0.296 e.